The van der Waals surface area contributed by atoms with Crippen molar-refractivity contribution in [1.82, 2.24) is 10.0 Å². The van der Waals surface area contributed by atoms with Crippen molar-refractivity contribution in [3.8, 4) is 0 Å². The van der Waals surface area contributed by atoms with Gasteiger partial charge in [0.15, 0.2) is 0 Å². The van der Waals surface area contributed by atoms with E-state index in [9.17, 15) is 18.0 Å². The summed E-state index contributed by atoms with van der Waals surface area (Å²) in [5.74, 6) is -0.503. The molecule has 0 saturated heterocycles. The van der Waals surface area contributed by atoms with Crippen molar-refractivity contribution >= 4 is 27.5 Å². The monoisotopic (exact) mass is 387 g/mol. The van der Waals surface area contributed by atoms with Crippen LogP contribution in [0.1, 0.15) is 22.8 Å². The van der Waals surface area contributed by atoms with Crippen LogP contribution in [0.4, 0.5) is 5.69 Å². The van der Waals surface area contributed by atoms with Gasteiger partial charge in [-0.2, -0.15) is 0 Å². The Morgan fingerprint density at radius 1 is 1.11 bits per heavy atom. The Morgan fingerprint density at radius 3 is 2.44 bits per heavy atom. The summed E-state index contributed by atoms with van der Waals surface area (Å²) >= 11 is 0. The Morgan fingerprint density at radius 2 is 1.81 bits per heavy atom. The van der Waals surface area contributed by atoms with Crippen LogP contribution in [-0.4, -0.2) is 26.8 Å². The number of nitrogens with one attached hydrogen (secondary N) is 3. The van der Waals surface area contributed by atoms with Gasteiger partial charge in [-0.1, -0.05) is 18.2 Å². The van der Waals surface area contributed by atoms with E-state index in [1.807, 2.05) is 6.07 Å². The summed E-state index contributed by atoms with van der Waals surface area (Å²) in [5.41, 5.74) is 1.81. The fourth-order valence-corrected chi connectivity index (χ4v) is 3.28. The molecule has 0 spiro atoms. The highest BCUT2D eigenvalue weighted by atomic mass is 32.2. The van der Waals surface area contributed by atoms with E-state index in [0.717, 1.165) is 5.56 Å². The fraction of sp³-hybridized carbons (Fsp3) is 0.158. The third-order valence-electron chi connectivity index (χ3n) is 3.54. The largest absolute Gasteiger partial charge is 0.348 e. The first-order chi connectivity index (χ1) is 12.8. The summed E-state index contributed by atoms with van der Waals surface area (Å²) in [6.07, 6.45) is 1.44. The van der Waals surface area contributed by atoms with Crippen molar-refractivity contribution in [2.24, 2.45) is 0 Å². The maximum atomic E-state index is 12.3. The van der Waals surface area contributed by atoms with Crippen LogP contribution in [0.2, 0.25) is 0 Å². The fourth-order valence-electron chi connectivity index (χ4n) is 2.28. The molecule has 0 radical (unpaired) electrons. The lowest BCUT2D eigenvalue weighted by Crippen LogP contribution is -2.24. The highest BCUT2D eigenvalue weighted by Gasteiger charge is 2.14. The number of amides is 2. The molecular formula is C19H21N3O4S. The topological polar surface area (TPSA) is 104 Å². The van der Waals surface area contributed by atoms with E-state index in [-0.39, 0.29) is 29.8 Å². The molecule has 0 atom stereocenters. The number of carbonyl (C=O) groups is 2. The molecule has 0 aliphatic carbocycles. The van der Waals surface area contributed by atoms with E-state index >= 15 is 0 Å². The molecule has 0 aliphatic heterocycles. The molecule has 2 aromatic rings. The van der Waals surface area contributed by atoms with Crippen LogP contribution >= 0.6 is 0 Å². The number of hydrogen-bond donors (Lipinski definition) is 3. The number of benzene rings is 2. The number of hydrogen-bond acceptors (Lipinski definition) is 4. The number of rotatable bonds is 8. The van der Waals surface area contributed by atoms with Gasteiger partial charge in [0, 0.05) is 31.3 Å². The Bertz CT molecular complexity index is 938. The molecule has 0 bridgehead atoms. The van der Waals surface area contributed by atoms with E-state index in [1.54, 1.807) is 18.2 Å². The molecule has 0 saturated carbocycles. The third kappa shape index (κ3) is 6.05. The van der Waals surface area contributed by atoms with Crippen LogP contribution in [0.5, 0.6) is 0 Å². The van der Waals surface area contributed by atoms with Gasteiger partial charge in [-0.25, -0.2) is 13.1 Å². The van der Waals surface area contributed by atoms with Crippen molar-refractivity contribution in [3.05, 3.63) is 72.3 Å². The average molecular weight is 387 g/mol. The first-order valence-corrected chi connectivity index (χ1v) is 9.65. The van der Waals surface area contributed by atoms with Crippen LogP contribution in [0.15, 0.2) is 66.1 Å². The summed E-state index contributed by atoms with van der Waals surface area (Å²) in [7, 11) is -3.62. The first-order valence-electron chi connectivity index (χ1n) is 8.17. The molecule has 8 heteroatoms. The maximum Gasteiger partial charge on any atom is 0.251 e. The Kier molecular flexibility index (Phi) is 6.86. The standard InChI is InChI=1S/C19H21N3O4S/c1-3-11-21-27(25,26)18-9-7-16(8-10-18)19(24)20-13-15-5-4-6-17(12-15)22-14(2)23/h3-10,12,21H,1,11,13H2,2H3,(H,20,24)(H,22,23). The highest BCUT2D eigenvalue weighted by molar-refractivity contribution is 7.89. The van der Waals surface area contributed by atoms with E-state index in [0.29, 0.717) is 11.3 Å². The van der Waals surface area contributed by atoms with Crippen molar-refractivity contribution in [2.45, 2.75) is 18.4 Å². The lowest BCUT2D eigenvalue weighted by molar-refractivity contribution is -0.114. The van der Waals surface area contributed by atoms with Crippen molar-refractivity contribution < 1.29 is 18.0 Å². The second-order valence-electron chi connectivity index (χ2n) is 5.73. The second kappa shape index (κ2) is 9.11. The Balaban J connectivity index is 2.00. The minimum Gasteiger partial charge on any atom is -0.348 e. The molecule has 2 rings (SSSR count). The summed E-state index contributed by atoms with van der Waals surface area (Å²) in [6.45, 7) is 5.28. The molecule has 0 unspecified atom stereocenters. The lowest BCUT2D eigenvalue weighted by atomic mass is 10.1. The summed E-state index contributed by atoms with van der Waals surface area (Å²) in [6, 6.07) is 12.8. The molecule has 2 amide bonds. The minimum atomic E-state index is -3.62. The van der Waals surface area contributed by atoms with Gasteiger partial charge in [-0.05, 0) is 42.0 Å². The van der Waals surface area contributed by atoms with Crippen LogP contribution in [0.3, 0.4) is 0 Å². The molecule has 142 valence electrons. The SMILES string of the molecule is C=CCNS(=O)(=O)c1ccc(C(=O)NCc2cccc(NC(C)=O)c2)cc1. The van der Waals surface area contributed by atoms with Crippen molar-refractivity contribution in [3.63, 3.8) is 0 Å². The zero-order valence-corrected chi connectivity index (χ0v) is 15.7. The van der Waals surface area contributed by atoms with Crippen LogP contribution in [0, 0.1) is 0 Å². The number of carbonyl (C=O) groups excluding carboxylic acids is 2. The summed E-state index contributed by atoms with van der Waals surface area (Å²) < 4.78 is 26.4. The van der Waals surface area contributed by atoms with Gasteiger partial charge in [0.05, 0.1) is 4.90 Å². The highest BCUT2D eigenvalue weighted by Crippen LogP contribution is 2.12. The van der Waals surface area contributed by atoms with E-state index in [1.165, 1.54) is 37.3 Å². The Hall–Kier alpha value is -2.97. The molecular weight excluding hydrogens is 366 g/mol. The molecule has 27 heavy (non-hydrogen) atoms. The number of sulfonamides is 1. The van der Waals surface area contributed by atoms with Crippen LogP contribution in [0.25, 0.3) is 0 Å². The summed E-state index contributed by atoms with van der Waals surface area (Å²) in [4.78, 5) is 23.4. The zero-order valence-electron chi connectivity index (χ0n) is 14.9. The van der Waals surface area contributed by atoms with Gasteiger partial charge in [0.2, 0.25) is 15.9 Å². The molecule has 3 N–H and O–H groups in total. The van der Waals surface area contributed by atoms with Crippen molar-refractivity contribution in [1.29, 1.82) is 0 Å². The van der Waals surface area contributed by atoms with Crippen LogP contribution < -0.4 is 15.4 Å². The van der Waals surface area contributed by atoms with Gasteiger partial charge in [0.25, 0.3) is 5.91 Å². The minimum absolute atomic E-state index is 0.0731. The first kappa shape index (κ1) is 20.3. The maximum absolute atomic E-state index is 12.3. The second-order valence-corrected chi connectivity index (χ2v) is 7.50. The molecule has 0 heterocycles. The van der Waals surface area contributed by atoms with Gasteiger partial charge >= 0.3 is 0 Å². The van der Waals surface area contributed by atoms with E-state index < -0.39 is 10.0 Å². The van der Waals surface area contributed by atoms with Crippen LogP contribution in [-0.2, 0) is 21.4 Å². The van der Waals surface area contributed by atoms with Gasteiger partial charge in [-0.3, -0.25) is 9.59 Å². The smallest absolute Gasteiger partial charge is 0.251 e. The van der Waals surface area contributed by atoms with Crippen molar-refractivity contribution in [2.75, 3.05) is 11.9 Å². The van der Waals surface area contributed by atoms with Gasteiger partial charge < -0.3 is 10.6 Å². The zero-order chi connectivity index (χ0) is 19.9. The number of anilines is 1. The predicted octanol–water partition coefficient (Wildman–Crippen LogP) is 2.04. The summed E-state index contributed by atoms with van der Waals surface area (Å²) in [5, 5.41) is 5.44. The molecule has 2 aromatic carbocycles. The molecule has 7 nitrogen and oxygen atoms in total. The predicted molar refractivity (Wildman–Crippen MR) is 104 cm³/mol. The third-order valence-corrected chi connectivity index (χ3v) is 4.98. The van der Waals surface area contributed by atoms with E-state index in [4.69, 9.17) is 0 Å². The molecule has 0 fully saturated rings. The molecule has 0 aromatic heterocycles. The van der Waals surface area contributed by atoms with Gasteiger partial charge in [0.1, 0.15) is 0 Å². The average Bonchev–Trinajstić information content (AvgIpc) is 2.64. The van der Waals surface area contributed by atoms with E-state index in [2.05, 4.69) is 21.9 Å². The normalized spacial score (nSPS) is 10.9. The lowest BCUT2D eigenvalue weighted by Gasteiger charge is -2.09. The quantitative estimate of drug-likeness (QED) is 0.603. The van der Waals surface area contributed by atoms with Gasteiger partial charge in [-0.15, -0.1) is 6.58 Å². The Labute approximate surface area is 158 Å². The molecule has 0 aliphatic rings.